The highest BCUT2D eigenvalue weighted by Crippen LogP contribution is 2.30. The molecule has 2 rings (SSSR count). The molecule has 5 nitrogen and oxygen atoms in total. The van der Waals surface area contributed by atoms with Crippen LogP contribution in [-0.4, -0.2) is 28.8 Å². The fraction of sp³-hybridized carbons (Fsp3) is 0.333. The monoisotopic (exact) mass is 345 g/mol. The topological polar surface area (TPSA) is 77.2 Å². The average molecular weight is 345 g/mol. The minimum atomic E-state index is -0.163. The van der Waals surface area contributed by atoms with Crippen LogP contribution in [0.25, 0.3) is 0 Å². The molecule has 0 spiro atoms. The molecule has 2 aromatic rings. The molecule has 0 aliphatic rings. The van der Waals surface area contributed by atoms with Gasteiger partial charge in [-0.15, -0.1) is 11.8 Å². The van der Waals surface area contributed by atoms with Gasteiger partial charge in [0.25, 0.3) is 5.91 Å². The Bertz CT molecular complexity index is 681. The van der Waals surface area contributed by atoms with Gasteiger partial charge in [0.15, 0.2) is 0 Å². The number of aromatic nitrogens is 1. The Hall–Kier alpha value is -2.05. The van der Waals surface area contributed by atoms with Crippen LogP contribution in [0.15, 0.2) is 47.6 Å². The van der Waals surface area contributed by atoms with E-state index in [1.54, 1.807) is 48.3 Å². The average Bonchev–Trinajstić information content (AvgIpc) is 2.53. The van der Waals surface area contributed by atoms with Crippen LogP contribution < -0.4 is 15.8 Å². The fourth-order valence-electron chi connectivity index (χ4n) is 1.93. The second kappa shape index (κ2) is 8.17. The SMILES string of the molecule is CC(C)(C)Sc1cc(C(=O)Nc2ccc(OCCN)cc2)ccn1. The molecule has 0 saturated carbocycles. The van der Waals surface area contributed by atoms with Crippen molar-refractivity contribution in [2.75, 3.05) is 18.5 Å². The summed E-state index contributed by atoms with van der Waals surface area (Å²) in [5, 5.41) is 3.71. The van der Waals surface area contributed by atoms with E-state index in [-0.39, 0.29) is 10.7 Å². The molecule has 0 unspecified atom stereocenters. The van der Waals surface area contributed by atoms with Crippen molar-refractivity contribution in [1.29, 1.82) is 0 Å². The predicted molar refractivity (Wildman–Crippen MR) is 98.8 cm³/mol. The van der Waals surface area contributed by atoms with Crippen molar-refractivity contribution in [3.8, 4) is 5.75 Å². The Morgan fingerprint density at radius 1 is 1.25 bits per heavy atom. The Balaban J connectivity index is 2.03. The first kappa shape index (κ1) is 18.3. The second-order valence-corrected chi connectivity index (χ2v) is 8.06. The molecule has 1 heterocycles. The molecular formula is C18H23N3O2S. The minimum Gasteiger partial charge on any atom is -0.492 e. The number of nitrogens with zero attached hydrogens (tertiary/aromatic N) is 1. The number of carbonyl (C=O) groups is 1. The largest absolute Gasteiger partial charge is 0.492 e. The Morgan fingerprint density at radius 3 is 2.58 bits per heavy atom. The highest BCUT2D eigenvalue weighted by Gasteiger charge is 2.15. The van der Waals surface area contributed by atoms with E-state index < -0.39 is 0 Å². The van der Waals surface area contributed by atoms with Crippen molar-refractivity contribution in [2.24, 2.45) is 5.73 Å². The smallest absolute Gasteiger partial charge is 0.255 e. The van der Waals surface area contributed by atoms with E-state index in [0.717, 1.165) is 10.8 Å². The van der Waals surface area contributed by atoms with Crippen LogP contribution in [0.3, 0.4) is 0 Å². The normalized spacial score (nSPS) is 11.2. The Morgan fingerprint density at radius 2 is 1.96 bits per heavy atom. The van der Waals surface area contributed by atoms with Crippen LogP contribution in [0.1, 0.15) is 31.1 Å². The third-order valence-electron chi connectivity index (χ3n) is 2.91. The lowest BCUT2D eigenvalue weighted by molar-refractivity contribution is 0.102. The molecule has 24 heavy (non-hydrogen) atoms. The summed E-state index contributed by atoms with van der Waals surface area (Å²) in [6.07, 6.45) is 1.66. The number of thioether (sulfide) groups is 1. The van der Waals surface area contributed by atoms with E-state index in [0.29, 0.717) is 24.4 Å². The summed E-state index contributed by atoms with van der Waals surface area (Å²) < 4.78 is 5.46. The lowest BCUT2D eigenvalue weighted by atomic mass is 10.2. The molecule has 0 bridgehead atoms. The maximum atomic E-state index is 12.4. The van der Waals surface area contributed by atoms with Gasteiger partial charge in [0, 0.05) is 28.7 Å². The molecule has 128 valence electrons. The summed E-state index contributed by atoms with van der Waals surface area (Å²) >= 11 is 1.63. The maximum Gasteiger partial charge on any atom is 0.255 e. The van der Waals surface area contributed by atoms with E-state index in [4.69, 9.17) is 10.5 Å². The highest BCUT2D eigenvalue weighted by atomic mass is 32.2. The lowest BCUT2D eigenvalue weighted by Crippen LogP contribution is -2.13. The minimum absolute atomic E-state index is 0.0431. The number of hydrogen-bond donors (Lipinski definition) is 2. The summed E-state index contributed by atoms with van der Waals surface area (Å²) in [5.41, 5.74) is 6.69. The summed E-state index contributed by atoms with van der Waals surface area (Å²) in [6, 6.07) is 10.7. The molecule has 0 aliphatic carbocycles. The van der Waals surface area contributed by atoms with Gasteiger partial charge >= 0.3 is 0 Å². The zero-order valence-corrected chi connectivity index (χ0v) is 15.0. The number of benzene rings is 1. The van der Waals surface area contributed by atoms with Gasteiger partial charge in [-0.2, -0.15) is 0 Å². The van der Waals surface area contributed by atoms with Gasteiger partial charge in [-0.1, -0.05) is 20.8 Å². The van der Waals surface area contributed by atoms with Crippen LogP contribution in [-0.2, 0) is 0 Å². The van der Waals surface area contributed by atoms with Crippen LogP contribution in [0.5, 0.6) is 5.75 Å². The van der Waals surface area contributed by atoms with Crippen molar-refractivity contribution >= 4 is 23.4 Å². The van der Waals surface area contributed by atoms with Gasteiger partial charge in [-0.3, -0.25) is 4.79 Å². The predicted octanol–water partition coefficient (Wildman–Crippen LogP) is 3.56. The first-order chi connectivity index (χ1) is 11.4. The van der Waals surface area contributed by atoms with E-state index in [1.165, 1.54) is 0 Å². The number of nitrogens with two attached hydrogens (primary N) is 1. The first-order valence-electron chi connectivity index (χ1n) is 7.77. The molecule has 0 saturated heterocycles. The third kappa shape index (κ3) is 5.86. The van der Waals surface area contributed by atoms with Gasteiger partial charge in [0.2, 0.25) is 0 Å². The van der Waals surface area contributed by atoms with Gasteiger partial charge < -0.3 is 15.8 Å². The number of rotatable bonds is 6. The number of amides is 1. The second-order valence-electron chi connectivity index (χ2n) is 6.21. The number of nitrogens with one attached hydrogen (secondary N) is 1. The van der Waals surface area contributed by atoms with Crippen LogP contribution in [0, 0.1) is 0 Å². The van der Waals surface area contributed by atoms with E-state index in [1.807, 2.05) is 6.07 Å². The molecule has 1 amide bonds. The standard InChI is InChI=1S/C18H23N3O2S/c1-18(2,3)24-16-12-13(8-10-20-16)17(22)21-14-4-6-15(7-5-14)23-11-9-19/h4-8,10,12H,9,11,19H2,1-3H3,(H,21,22). The van der Waals surface area contributed by atoms with Crippen molar-refractivity contribution in [3.63, 3.8) is 0 Å². The van der Waals surface area contributed by atoms with E-state index >= 15 is 0 Å². The van der Waals surface area contributed by atoms with Gasteiger partial charge in [-0.25, -0.2) is 4.98 Å². The van der Waals surface area contributed by atoms with Gasteiger partial charge in [0.05, 0.1) is 5.03 Å². The molecule has 0 atom stereocenters. The zero-order chi connectivity index (χ0) is 17.6. The molecule has 6 heteroatoms. The lowest BCUT2D eigenvalue weighted by Gasteiger charge is -2.16. The van der Waals surface area contributed by atoms with Gasteiger partial charge in [0.1, 0.15) is 12.4 Å². The zero-order valence-electron chi connectivity index (χ0n) is 14.2. The number of ether oxygens (including phenoxy) is 1. The fourth-order valence-corrected chi connectivity index (χ4v) is 2.86. The third-order valence-corrected chi connectivity index (χ3v) is 3.95. The summed E-state index contributed by atoms with van der Waals surface area (Å²) in [6.45, 7) is 7.27. The molecule has 0 fully saturated rings. The summed E-state index contributed by atoms with van der Waals surface area (Å²) in [5.74, 6) is 0.565. The molecular weight excluding hydrogens is 322 g/mol. The molecule has 0 radical (unpaired) electrons. The van der Waals surface area contributed by atoms with Crippen molar-refractivity contribution < 1.29 is 9.53 Å². The number of anilines is 1. The Labute approximate surface area is 147 Å². The number of carbonyl (C=O) groups excluding carboxylic acids is 1. The van der Waals surface area contributed by atoms with Crippen LogP contribution >= 0.6 is 11.8 Å². The number of hydrogen-bond acceptors (Lipinski definition) is 5. The van der Waals surface area contributed by atoms with Crippen molar-refractivity contribution in [3.05, 3.63) is 48.2 Å². The van der Waals surface area contributed by atoms with E-state index in [9.17, 15) is 4.79 Å². The van der Waals surface area contributed by atoms with Crippen molar-refractivity contribution in [1.82, 2.24) is 4.98 Å². The number of pyridine rings is 1. The van der Waals surface area contributed by atoms with Crippen LogP contribution in [0.4, 0.5) is 5.69 Å². The first-order valence-corrected chi connectivity index (χ1v) is 8.58. The quantitative estimate of drug-likeness (QED) is 0.783. The van der Waals surface area contributed by atoms with Gasteiger partial charge in [-0.05, 0) is 36.4 Å². The van der Waals surface area contributed by atoms with E-state index in [2.05, 4.69) is 31.1 Å². The van der Waals surface area contributed by atoms with Crippen LogP contribution in [0.2, 0.25) is 0 Å². The van der Waals surface area contributed by atoms with Crippen molar-refractivity contribution in [2.45, 2.75) is 30.5 Å². The summed E-state index contributed by atoms with van der Waals surface area (Å²) in [4.78, 5) is 16.7. The molecule has 1 aromatic heterocycles. The maximum absolute atomic E-state index is 12.4. The molecule has 1 aromatic carbocycles. The Kier molecular flexibility index (Phi) is 6.23. The highest BCUT2D eigenvalue weighted by molar-refractivity contribution is 8.00. The molecule has 3 N–H and O–H groups in total. The summed E-state index contributed by atoms with van der Waals surface area (Å²) in [7, 11) is 0. The molecule has 0 aliphatic heterocycles.